The lowest BCUT2D eigenvalue weighted by Crippen LogP contribution is -2.10. The number of hydrogen-bond donors (Lipinski definition) is 1. The summed E-state index contributed by atoms with van der Waals surface area (Å²) in [5.41, 5.74) is 2.42. The fraction of sp³-hybridized carbons (Fsp3) is 0.278. The van der Waals surface area contributed by atoms with Crippen molar-refractivity contribution in [1.29, 1.82) is 0 Å². The van der Waals surface area contributed by atoms with Gasteiger partial charge in [-0.2, -0.15) is 18.3 Å². The minimum Gasteiger partial charge on any atom is -0.272 e. The molecular weight excluding hydrogens is 347 g/mol. The number of hydrazone groups is 1. The van der Waals surface area contributed by atoms with Crippen LogP contribution in [0.25, 0.3) is 0 Å². The van der Waals surface area contributed by atoms with Crippen molar-refractivity contribution in [2.75, 3.05) is 5.43 Å². The van der Waals surface area contributed by atoms with Gasteiger partial charge in [0.05, 0.1) is 16.7 Å². The quantitative estimate of drug-likeness (QED) is 0.451. The summed E-state index contributed by atoms with van der Waals surface area (Å²) >= 11 is 0. The summed E-state index contributed by atoms with van der Waals surface area (Å²) in [5.74, 6) is 0. The Hall–Kier alpha value is -2.90. The molecule has 26 heavy (non-hydrogen) atoms. The first kappa shape index (κ1) is 19.4. The number of halogens is 3. The largest absolute Gasteiger partial charge is 0.416 e. The van der Waals surface area contributed by atoms with Crippen LogP contribution in [0.3, 0.4) is 0 Å². The van der Waals surface area contributed by atoms with E-state index in [0.29, 0.717) is 6.07 Å². The Morgan fingerprint density at radius 1 is 1.04 bits per heavy atom. The van der Waals surface area contributed by atoms with E-state index in [4.69, 9.17) is 0 Å². The predicted octanol–water partition coefficient (Wildman–Crippen LogP) is 5.36. The smallest absolute Gasteiger partial charge is 0.272 e. The summed E-state index contributed by atoms with van der Waals surface area (Å²) in [6.45, 7) is 6.25. The molecule has 0 amide bonds. The molecule has 0 saturated carbocycles. The van der Waals surface area contributed by atoms with Gasteiger partial charge in [-0.05, 0) is 28.7 Å². The van der Waals surface area contributed by atoms with Crippen molar-refractivity contribution < 1.29 is 18.1 Å². The summed E-state index contributed by atoms with van der Waals surface area (Å²) in [4.78, 5) is 10.1. The third-order valence-corrected chi connectivity index (χ3v) is 3.70. The highest BCUT2D eigenvalue weighted by Gasteiger charge is 2.33. The third kappa shape index (κ3) is 4.81. The Kier molecular flexibility index (Phi) is 5.34. The zero-order chi connectivity index (χ0) is 19.5. The molecule has 138 valence electrons. The Morgan fingerprint density at radius 2 is 1.62 bits per heavy atom. The van der Waals surface area contributed by atoms with Gasteiger partial charge in [-0.15, -0.1) is 0 Å². The molecule has 0 heterocycles. The Morgan fingerprint density at radius 3 is 2.12 bits per heavy atom. The second-order valence-corrected chi connectivity index (χ2v) is 6.73. The number of nitro groups is 1. The molecule has 8 heteroatoms. The molecule has 0 aromatic heterocycles. The van der Waals surface area contributed by atoms with Crippen molar-refractivity contribution in [3.8, 4) is 0 Å². The number of alkyl halides is 3. The van der Waals surface area contributed by atoms with E-state index in [-0.39, 0.29) is 11.1 Å². The maximum absolute atomic E-state index is 12.7. The summed E-state index contributed by atoms with van der Waals surface area (Å²) in [6, 6.07) is 9.81. The van der Waals surface area contributed by atoms with Crippen molar-refractivity contribution in [2.45, 2.75) is 32.4 Å². The molecule has 2 aromatic rings. The Bertz CT molecular complexity index is 823. The van der Waals surface area contributed by atoms with E-state index in [1.54, 1.807) is 0 Å². The van der Waals surface area contributed by atoms with Gasteiger partial charge in [0.25, 0.3) is 5.69 Å². The van der Waals surface area contributed by atoms with E-state index >= 15 is 0 Å². The number of rotatable bonds is 4. The highest BCUT2D eigenvalue weighted by atomic mass is 19.4. The maximum atomic E-state index is 12.7. The predicted molar refractivity (Wildman–Crippen MR) is 94.5 cm³/mol. The van der Waals surface area contributed by atoms with E-state index < -0.39 is 22.4 Å². The van der Waals surface area contributed by atoms with Crippen molar-refractivity contribution in [3.05, 3.63) is 69.3 Å². The summed E-state index contributed by atoms with van der Waals surface area (Å²) in [6.07, 6.45) is -3.21. The van der Waals surface area contributed by atoms with Crippen LogP contribution < -0.4 is 5.43 Å². The SMILES string of the molecule is CC(C)(C)c1ccc(/C=N\Nc2ccc(C(F)(F)F)cc2[N+](=O)[O-])cc1. The van der Waals surface area contributed by atoms with Gasteiger partial charge in [-0.1, -0.05) is 45.0 Å². The van der Waals surface area contributed by atoms with E-state index in [9.17, 15) is 23.3 Å². The normalized spacial score (nSPS) is 12.4. The average molecular weight is 365 g/mol. The summed E-state index contributed by atoms with van der Waals surface area (Å²) < 4.78 is 38.0. The molecule has 0 aliphatic carbocycles. The van der Waals surface area contributed by atoms with Crippen LogP contribution in [0.15, 0.2) is 47.6 Å². The minimum absolute atomic E-state index is 0.00869. The van der Waals surface area contributed by atoms with Crippen LogP contribution in [-0.4, -0.2) is 11.1 Å². The maximum Gasteiger partial charge on any atom is 0.416 e. The highest BCUT2D eigenvalue weighted by molar-refractivity contribution is 5.80. The molecule has 0 radical (unpaired) electrons. The van der Waals surface area contributed by atoms with Crippen LogP contribution in [0.4, 0.5) is 24.5 Å². The van der Waals surface area contributed by atoms with Crippen LogP contribution in [0.1, 0.15) is 37.5 Å². The molecule has 0 unspecified atom stereocenters. The van der Waals surface area contributed by atoms with Crippen LogP contribution in [-0.2, 0) is 11.6 Å². The third-order valence-electron chi connectivity index (χ3n) is 3.70. The summed E-state index contributed by atoms with van der Waals surface area (Å²) in [7, 11) is 0. The number of benzene rings is 2. The van der Waals surface area contributed by atoms with Crippen molar-refractivity contribution in [1.82, 2.24) is 0 Å². The van der Waals surface area contributed by atoms with Gasteiger partial charge in [0.1, 0.15) is 5.69 Å². The van der Waals surface area contributed by atoms with Gasteiger partial charge in [0, 0.05) is 6.07 Å². The molecule has 1 N–H and O–H groups in total. The monoisotopic (exact) mass is 365 g/mol. The Balaban J connectivity index is 2.18. The molecule has 5 nitrogen and oxygen atoms in total. The molecule has 0 aliphatic heterocycles. The Labute approximate surface area is 148 Å². The van der Waals surface area contributed by atoms with Crippen LogP contribution in [0.5, 0.6) is 0 Å². The van der Waals surface area contributed by atoms with Crippen LogP contribution in [0, 0.1) is 10.1 Å². The first-order valence-electron chi connectivity index (χ1n) is 7.74. The van der Waals surface area contributed by atoms with Crippen LogP contribution >= 0.6 is 0 Å². The van der Waals surface area contributed by atoms with E-state index in [1.807, 2.05) is 24.3 Å². The van der Waals surface area contributed by atoms with Gasteiger partial charge in [0.2, 0.25) is 0 Å². The molecule has 2 aromatic carbocycles. The van der Waals surface area contributed by atoms with Gasteiger partial charge >= 0.3 is 6.18 Å². The number of anilines is 1. The van der Waals surface area contributed by atoms with Crippen molar-refractivity contribution >= 4 is 17.6 Å². The van der Waals surface area contributed by atoms with E-state index in [0.717, 1.165) is 23.3 Å². The van der Waals surface area contributed by atoms with Crippen LogP contribution in [0.2, 0.25) is 0 Å². The van der Waals surface area contributed by atoms with E-state index in [2.05, 4.69) is 31.3 Å². The van der Waals surface area contributed by atoms with Crippen molar-refractivity contribution in [2.24, 2.45) is 5.10 Å². The van der Waals surface area contributed by atoms with E-state index in [1.165, 1.54) is 6.21 Å². The zero-order valence-corrected chi connectivity index (χ0v) is 14.5. The molecular formula is C18H18F3N3O2. The number of nitrogens with zero attached hydrogens (tertiary/aromatic N) is 2. The molecule has 0 spiro atoms. The summed E-state index contributed by atoms with van der Waals surface area (Å²) in [5, 5.41) is 14.9. The fourth-order valence-corrected chi connectivity index (χ4v) is 2.20. The lowest BCUT2D eigenvalue weighted by Gasteiger charge is -2.18. The lowest BCUT2D eigenvalue weighted by atomic mass is 9.87. The lowest BCUT2D eigenvalue weighted by molar-refractivity contribution is -0.384. The number of nitro benzene ring substituents is 1. The fourth-order valence-electron chi connectivity index (χ4n) is 2.20. The topological polar surface area (TPSA) is 67.5 Å². The molecule has 0 atom stereocenters. The average Bonchev–Trinajstić information content (AvgIpc) is 2.53. The molecule has 0 bridgehead atoms. The zero-order valence-electron chi connectivity index (χ0n) is 14.5. The second kappa shape index (κ2) is 7.15. The standard InChI is InChI=1S/C18H18F3N3O2/c1-17(2,3)13-6-4-12(5-7-13)11-22-23-15-9-8-14(18(19,20)21)10-16(15)24(25)26/h4-11,23H,1-3H3/b22-11-. The molecule has 0 fully saturated rings. The highest BCUT2D eigenvalue weighted by Crippen LogP contribution is 2.34. The van der Waals surface area contributed by atoms with Gasteiger partial charge in [-0.3, -0.25) is 15.5 Å². The molecule has 2 rings (SSSR count). The second-order valence-electron chi connectivity index (χ2n) is 6.73. The van der Waals surface area contributed by atoms with Crippen molar-refractivity contribution in [3.63, 3.8) is 0 Å². The van der Waals surface area contributed by atoms with Gasteiger partial charge in [0.15, 0.2) is 0 Å². The molecule has 0 aliphatic rings. The number of hydrogen-bond acceptors (Lipinski definition) is 4. The van der Waals surface area contributed by atoms with Gasteiger partial charge in [-0.25, -0.2) is 0 Å². The van der Waals surface area contributed by atoms with Gasteiger partial charge < -0.3 is 0 Å². The number of nitrogens with one attached hydrogen (secondary N) is 1. The minimum atomic E-state index is -4.65. The molecule has 0 saturated heterocycles. The first-order chi connectivity index (χ1) is 12.0. The first-order valence-corrected chi connectivity index (χ1v) is 7.74.